The Bertz CT molecular complexity index is 568. The molecule has 0 atom stereocenters. The van der Waals surface area contributed by atoms with E-state index in [4.69, 9.17) is 0 Å². The van der Waals surface area contributed by atoms with Gasteiger partial charge in [0.1, 0.15) is 0 Å². The molecule has 0 N–H and O–H groups in total. The first-order valence-electron chi connectivity index (χ1n) is 4.25. The zero-order valence-corrected chi connectivity index (χ0v) is 8.31. The summed E-state index contributed by atoms with van der Waals surface area (Å²) >= 11 is 1.17. The first-order chi connectivity index (χ1) is 6.74. The van der Waals surface area contributed by atoms with Gasteiger partial charge in [-0.05, 0) is 17.5 Å². The average Bonchev–Trinajstić information content (AvgIpc) is 2.65. The minimum absolute atomic E-state index is 0.142. The minimum atomic E-state index is -0.142. The van der Waals surface area contributed by atoms with Crippen molar-refractivity contribution in [2.24, 2.45) is 7.05 Å². The second-order valence-electron chi connectivity index (χ2n) is 3.27. The van der Waals surface area contributed by atoms with E-state index in [1.165, 1.54) is 11.3 Å². The van der Waals surface area contributed by atoms with E-state index in [1.807, 2.05) is 25.4 Å². The second kappa shape index (κ2) is 2.54. The van der Waals surface area contributed by atoms with Gasteiger partial charge in [-0.1, -0.05) is 6.07 Å². The van der Waals surface area contributed by atoms with Crippen LogP contribution in [0.2, 0.25) is 0 Å². The normalized spacial score (nSPS) is 11.6. The summed E-state index contributed by atoms with van der Waals surface area (Å²) in [5, 5.41) is 6.11. The monoisotopic (exact) mass is 206 g/mol. The van der Waals surface area contributed by atoms with Gasteiger partial charge in [0.15, 0.2) is 5.13 Å². The van der Waals surface area contributed by atoms with Crippen molar-refractivity contribution in [2.75, 3.05) is 0 Å². The zero-order chi connectivity index (χ0) is 9.71. The van der Waals surface area contributed by atoms with Crippen LogP contribution < -0.4 is 0 Å². The highest BCUT2D eigenvalue weighted by molar-refractivity contribution is 7.18. The number of halogens is 1. The first-order valence-corrected chi connectivity index (χ1v) is 5.07. The Balaban J connectivity index is 2.58. The molecule has 2 nitrogen and oxygen atoms in total. The molecule has 3 aromatic rings. The van der Waals surface area contributed by atoms with Gasteiger partial charge in [0.05, 0.1) is 5.52 Å². The maximum absolute atomic E-state index is 13.0. The number of hydrogen-bond acceptors (Lipinski definition) is 2. The average molecular weight is 206 g/mol. The number of rotatable bonds is 0. The highest BCUT2D eigenvalue weighted by Gasteiger charge is 2.07. The van der Waals surface area contributed by atoms with Gasteiger partial charge in [-0.3, -0.25) is 4.68 Å². The third kappa shape index (κ3) is 0.974. The third-order valence-corrected chi connectivity index (χ3v) is 3.23. The van der Waals surface area contributed by atoms with Crippen molar-refractivity contribution in [3.8, 4) is 0 Å². The number of hydrogen-bond donors (Lipinski definition) is 0. The molecule has 0 aliphatic heterocycles. The fraction of sp³-hybridized carbons (Fsp3) is 0.100. The predicted octanol–water partition coefficient (Wildman–Crippen LogP) is 2.93. The summed E-state index contributed by atoms with van der Waals surface area (Å²) in [6.45, 7) is 0. The number of fused-ring (bicyclic) bond motifs is 3. The molecule has 2 aromatic heterocycles. The fourth-order valence-electron chi connectivity index (χ4n) is 1.68. The van der Waals surface area contributed by atoms with Crippen LogP contribution in [-0.4, -0.2) is 9.78 Å². The summed E-state index contributed by atoms with van der Waals surface area (Å²) < 4.78 is 15.8. The lowest BCUT2D eigenvalue weighted by Crippen LogP contribution is -1.84. The van der Waals surface area contributed by atoms with Crippen LogP contribution in [0.4, 0.5) is 4.39 Å². The Morgan fingerprint density at radius 1 is 1.43 bits per heavy atom. The second-order valence-corrected chi connectivity index (χ2v) is 4.27. The predicted molar refractivity (Wildman–Crippen MR) is 56.1 cm³/mol. The molecule has 3 rings (SSSR count). The van der Waals surface area contributed by atoms with Gasteiger partial charge in [-0.25, -0.2) is 0 Å². The number of benzene rings is 1. The van der Waals surface area contributed by atoms with E-state index in [1.54, 1.807) is 10.7 Å². The van der Waals surface area contributed by atoms with Gasteiger partial charge in [-0.15, -0.1) is 11.3 Å². The largest absolute Gasteiger partial charge is 0.275 e. The number of thiophene rings is 1. The SMILES string of the molecule is Cn1cc2c(ccc3cc(F)sc32)n1. The van der Waals surface area contributed by atoms with Gasteiger partial charge in [-0.2, -0.15) is 9.49 Å². The molecule has 0 unspecified atom stereocenters. The molecule has 0 radical (unpaired) electrons. The van der Waals surface area contributed by atoms with Crippen molar-refractivity contribution < 1.29 is 4.39 Å². The summed E-state index contributed by atoms with van der Waals surface area (Å²) in [6.07, 6.45) is 1.92. The van der Waals surface area contributed by atoms with Gasteiger partial charge < -0.3 is 0 Å². The maximum atomic E-state index is 13.0. The third-order valence-electron chi connectivity index (χ3n) is 2.25. The summed E-state index contributed by atoms with van der Waals surface area (Å²) in [4.78, 5) is 0. The Kier molecular flexibility index (Phi) is 1.44. The molecule has 0 bridgehead atoms. The van der Waals surface area contributed by atoms with E-state index >= 15 is 0 Å². The van der Waals surface area contributed by atoms with Crippen molar-refractivity contribution in [1.29, 1.82) is 0 Å². The molecule has 0 aliphatic rings. The van der Waals surface area contributed by atoms with Gasteiger partial charge in [0, 0.05) is 23.3 Å². The number of nitrogens with zero attached hydrogens (tertiary/aromatic N) is 2. The van der Waals surface area contributed by atoms with E-state index in [0.717, 1.165) is 21.0 Å². The highest BCUT2D eigenvalue weighted by Crippen LogP contribution is 2.30. The van der Waals surface area contributed by atoms with Crippen molar-refractivity contribution in [2.45, 2.75) is 0 Å². The molecule has 0 saturated heterocycles. The van der Waals surface area contributed by atoms with Crippen LogP contribution in [0, 0.1) is 5.13 Å². The highest BCUT2D eigenvalue weighted by atomic mass is 32.1. The van der Waals surface area contributed by atoms with Crippen molar-refractivity contribution in [1.82, 2.24) is 9.78 Å². The Labute approximate surface area is 83.6 Å². The lowest BCUT2D eigenvalue weighted by Gasteiger charge is -1.88. The van der Waals surface area contributed by atoms with E-state index in [2.05, 4.69) is 5.10 Å². The molecule has 0 aliphatic carbocycles. The standard InChI is InChI=1S/C10H7FN2S/c1-13-5-7-8(12-13)3-2-6-4-9(11)14-10(6)7/h2-5H,1H3. The van der Waals surface area contributed by atoms with Crippen LogP contribution >= 0.6 is 11.3 Å². The van der Waals surface area contributed by atoms with Crippen molar-refractivity contribution in [3.05, 3.63) is 29.5 Å². The minimum Gasteiger partial charge on any atom is -0.275 e. The van der Waals surface area contributed by atoms with E-state index in [0.29, 0.717) is 0 Å². The molecule has 14 heavy (non-hydrogen) atoms. The van der Waals surface area contributed by atoms with Crippen LogP contribution in [0.3, 0.4) is 0 Å². The lowest BCUT2D eigenvalue weighted by molar-refractivity contribution is 0.658. The molecular formula is C10H7FN2S. The van der Waals surface area contributed by atoms with E-state index < -0.39 is 0 Å². The van der Waals surface area contributed by atoms with Crippen LogP contribution in [0.5, 0.6) is 0 Å². The van der Waals surface area contributed by atoms with Crippen molar-refractivity contribution in [3.63, 3.8) is 0 Å². The van der Waals surface area contributed by atoms with Gasteiger partial charge in [0.25, 0.3) is 0 Å². The molecule has 0 spiro atoms. The molecule has 1 aromatic carbocycles. The van der Waals surface area contributed by atoms with Crippen molar-refractivity contribution >= 4 is 32.3 Å². The topological polar surface area (TPSA) is 17.8 Å². The molecule has 0 saturated carbocycles. The number of aromatic nitrogens is 2. The Morgan fingerprint density at radius 2 is 2.29 bits per heavy atom. The van der Waals surface area contributed by atoms with Gasteiger partial charge in [0.2, 0.25) is 0 Å². The van der Waals surface area contributed by atoms with Gasteiger partial charge >= 0.3 is 0 Å². The van der Waals surface area contributed by atoms with Crippen LogP contribution in [0.15, 0.2) is 24.4 Å². The van der Waals surface area contributed by atoms with Crippen LogP contribution in [-0.2, 0) is 7.05 Å². The van der Waals surface area contributed by atoms with Crippen LogP contribution in [0.25, 0.3) is 21.0 Å². The number of aryl methyl sites for hydroxylation is 1. The first kappa shape index (κ1) is 7.94. The summed E-state index contributed by atoms with van der Waals surface area (Å²) in [5.74, 6) is 0. The Hall–Kier alpha value is -1.42. The Morgan fingerprint density at radius 3 is 3.14 bits per heavy atom. The fourth-order valence-corrected chi connectivity index (χ4v) is 2.57. The molecular weight excluding hydrogens is 199 g/mol. The molecule has 0 fully saturated rings. The molecule has 0 amide bonds. The quantitative estimate of drug-likeness (QED) is 0.553. The molecule has 4 heteroatoms. The van der Waals surface area contributed by atoms with E-state index in [-0.39, 0.29) is 5.13 Å². The zero-order valence-electron chi connectivity index (χ0n) is 7.49. The molecule has 70 valence electrons. The molecule has 2 heterocycles. The summed E-state index contributed by atoms with van der Waals surface area (Å²) in [5.41, 5.74) is 0.918. The van der Waals surface area contributed by atoms with E-state index in [9.17, 15) is 4.39 Å². The smallest absolute Gasteiger partial charge is 0.177 e. The summed E-state index contributed by atoms with van der Waals surface area (Å²) in [6, 6.07) is 5.39. The lowest BCUT2D eigenvalue weighted by atomic mass is 10.2. The van der Waals surface area contributed by atoms with Crippen LogP contribution in [0.1, 0.15) is 0 Å². The maximum Gasteiger partial charge on any atom is 0.177 e. The summed E-state index contributed by atoms with van der Waals surface area (Å²) in [7, 11) is 1.87.